The first-order valence-electron chi connectivity index (χ1n) is 12.9. The Hall–Kier alpha value is -4.09. The molecule has 0 unspecified atom stereocenters. The van der Waals surface area contributed by atoms with Crippen molar-refractivity contribution in [3.63, 3.8) is 0 Å². The number of likely N-dealkylation sites (tertiary alicyclic amines) is 1. The van der Waals surface area contributed by atoms with Gasteiger partial charge >= 0.3 is 11.1 Å². The molecule has 1 aliphatic heterocycles. The molecule has 13 heteroatoms. The number of carbonyl (C=O) groups is 1. The monoisotopic (exact) mass is 615 g/mol. The molecule has 4 aromatic rings. The third-order valence-electron chi connectivity index (χ3n) is 7.19. The minimum atomic E-state index is -2.04. The number of halogens is 4. The van der Waals surface area contributed by atoms with Crippen LogP contribution < -0.4 is 11.1 Å². The van der Waals surface area contributed by atoms with E-state index in [1.807, 2.05) is 13.8 Å². The molecule has 1 aromatic carbocycles. The summed E-state index contributed by atoms with van der Waals surface area (Å²) in [6.45, 7) is 7.59. The lowest BCUT2D eigenvalue weighted by Gasteiger charge is -2.44. The predicted octanol–water partition coefficient (Wildman–Crippen LogP) is 4.93. The Bertz CT molecular complexity index is 1920. The van der Waals surface area contributed by atoms with Crippen molar-refractivity contribution in [1.82, 2.24) is 24.0 Å². The molecule has 1 amide bonds. The van der Waals surface area contributed by atoms with E-state index in [9.17, 15) is 19.5 Å². The van der Waals surface area contributed by atoms with E-state index in [0.717, 1.165) is 27.3 Å². The largest absolute Gasteiger partial charge is 0.506 e. The Balaban J connectivity index is 1.86. The van der Waals surface area contributed by atoms with Crippen molar-refractivity contribution in [2.75, 3.05) is 13.1 Å². The van der Waals surface area contributed by atoms with Crippen LogP contribution >= 0.6 is 23.2 Å². The molecule has 5 rings (SSSR count). The molecule has 1 aliphatic rings. The van der Waals surface area contributed by atoms with Crippen molar-refractivity contribution in [1.29, 1.82) is 0 Å². The molecular formula is C29H25Cl2F2N5O4. The summed E-state index contributed by atoms with van der Waals surface area (Å²) in [6, 6.07) is 5.09. The van der Waals surface area contributed by atoms with Crippen LogP contribution in [0.25, 0.3) is 28.1 Å². The van der Waals surface area contributed by atoms with E-state index in [0.29, 0.717) is 11.3 Å². The molecule has 3 aromatic heterocycles. The van der Waals surface area contributed by atoms with Gasteiger partial charge in [0.2, 0.25) is 5.91 Å². The first-order valence-corrected chi connectivity index (χ1v) is 13.6. The highest BCUT2D eigenvalue weighted by Crippen LogP contribution is 2.41. The molecule has 0 saturated carbocycles. The molecular weight excluding hydrogens is 591 g/mol. The normalized spacial score (nSPS) is 14.3. The number of phenols is 1. The van der Waals surface area contributed by atoms with Crippen molar-refractivity contribution in [2.45, 2.75) is 38.9 Å². The van der Waals surface area contributed by atoms with Gasteiger partial charge in [-0.05, 0) is 48.7 Å². The Morgan fingerprint density at radius 2 is 1.88 bits per heavy atom. The minimum Gasteiger partial charge on any atom is -0.506 e. The second kappa shape index (κ2) is 10.6. The SMILES string of the molecule is C=CC(=O)N1CC(F)(Cn2c(=O)c(=O)n(-c3c(C)ccnc3C(C)C)c3nc(-c4c(F)ccc(Cl)c4O)c(Cl)cc32)C1. The van der Waals surface area contributed by atoms with Gasteiger partial charge in [0.25, 0.3) is 0 Å². The van der Waals surface area contributed by atoms with Gasteiger partial charge in [-0.15, -0.1) is 0 Å². The van der Waals surface area contributed by atoms with Gasteiger partial charge in [0, 0.05) is 6.20 Å². The average molecular weight is 616 g/mol. The lowest BCUT2D eigenvalue weighted by Crippen LogP contribution is -2.63. The Morgan fingerprint density at radius 1 is 1.19 bits per heavy atom. The van der Waals surface area contributed by atoms with Crippen molar-refractivity contribution >= 4 is 40.3 Å². The zero-order valence-corrected chi connectivity index (χ0v) is 24.3. The van der Waals surface area contributed by atoms with Crippen LogP contribution in [-0.2, 0) is 11.3 Å². The van der Waals surface area contributed by atoms with Crippen LogP contribution in [-0.4, -0.2) is 53.8 Å². The van der Waals surface area contributed by atoms with Gasteiger partial charge in [-0.25, -0.2) is 13.8 Å². The first-order chi connectivity index (χ1) is 19.8. The zero-order chi connectivity index (χ0) is 30.7. The number of amides is 1. The molecule has 9 nitrogen and oxygen atoms in total. The highest BCUT2D eigenvalue weighted by atomic mass is 35.5. The topological polar surface area (TPSA) is 110 Å². The fourth-order valence-corrected chi connectivity index (χ4v) is 5.54. The summed E-state index contributed by atoms with van der Waals surface area (Å²) in [5, 5.41) is 10.3. The summed E-state index contributed by atoms with van der Waals surface area (Å²) >= 11 is 12.6. The van der Waals surface area contributed by atoms with Gasteiger partial charge in [-0.2, -0.15) is 0 Å². The third kappa shape index (κ3) is 4.76. The van der Waals surface area contributed by atoms with Gasteiger partial charge in [0.05, 0.1) is 57.8 Å². The van der Waals surface area contributed by atoms with Gasteiger partial charge in [0.15, 0.2) is 11.3 Å². The highest BCUT2D eigenvalue weighted by molar-refractivity contribution is 6.34. The van der Waals surface area contributed by atoms with E-state index >= 15 is 8.78 Å². The number of alkyl halides is 1. The van der Waals surface area contributed by atoms with Gasteiger partial charge in [0.1, 0.15) is 11.6 Å². The number of pyridine rings is 2. The number of hydrogen-bond donors (Lipinski definition) is 1. The second-order valence-corrected chi connectivity index (χ2v) is 11.3. The van der Waals surface area contributed by atoms with Crippen LogP contribution in [0.1, 0.15) is 31.0 Å². The maximum Gasteiger partial charge on any atom is 0.322 e. The van der Waals surface area contributed by atoms with E-state index in [-0.39, 0.29) is 51.6 Å². The first kappa shape index (κ1) is 29.4. The summed E-state index contributed by atoms with van der Waals surface area (Å²) in [6.07, 6.45) is 2.62. The number of benzene rings is 1. The van der Waals surface area contributed by atoms with Crippen molar-refractivity contribution in [3.05, 3.63) is 90.9 Å². The van der Waals surface area contributed by atoms with Crippen LogP contribution in [0.4, 0.5) is 8.78 Å². The number of phenolic OH excluding ortho intramolecular Hbond substituents is 1. The lowest BCUT2D eigenvalue weighted by molar-refractivity contribution is -0.141. The fraction of sp³-hybridized carbons (Fsp3) is 0.276. The fourth-order valence-electron chi connectivity index (χ4n) is 5.15. The Labute approximate surface area is 248 Å². The molecule has 218 valence electrons. The molecule has 4 heterocycles. The number of aromatic hydroxyl groups is 1. The molecule has 1 N–H and O–H groups in total. The summed E-state index contributed by atoms with van der Waals surface area (Å²) in [5.41, 5.74) is -3.67. The average Bonchev–Trinajstić information content (AvgIpc) is 2.93. The van der Waals surface area contributed by atoms with Crippen LogP contribution in [0.3, 0.4) is 0 Å². The number of nitrogens with zero attached hydrogens (tertiary/aromatic N) is 5. The van der Waals surface area contributed by atoms with Crippen LogP contribution in [0.5, 0.6) is 5.75 Å². The maximum atomic E-state index is 15.8. The van der Waals surface area contributed by atoms with Gasteiger partial charge in [-0.1, -0.05) is 43.6 Å². The second-order valence-electron chi connectivity index (χ2n) is 10.5. The van der Waals surface area contributed by atoms with E-state index in [1.54, 1.807) is 19.2 Å². The number of rotatable bonds is 6. The number of hydrogen-bond acceptors (Lipinski definition) is 6. The summed E-state index contributed by atoms with van der Waals surface area (Å²) in [7, 11) is 0. The standard InChI is InChI=1S/C29H25Cl2F2N5O4/c1-5-20(39)36-11-29(33,12-36)13-37-19-10-17(31)23(21-18(32)7-6-16(30)25(21)40)35-26(19)38(28(42)27(37)41)24-15(4)8-9-34-22(24)14(2)3/h5-10,14,40H,1,11-13H2,2-4H3. The Morgan fingerprint density at radius 3 is 2.52 bits per heavy atom. The molecule has 0 aliphatic carbocycles. The molecule has 42 heavy (non-hydrogen) atoms. The summed E-state index contributed by atoms with van der Waals surface area (Å²) in [5.74, 6) is -2.18. The molecule has 0 atom stereocenters. The number of aryl methyl sites for hydroxylation is 1. The summed E-state index contributed by atoms with van der Waals surface area (Å²) < 4.78 is 32.8. The smallest absolute Gasteiger partial charge is 0.322 e. The van der Waals surface area contributed by atoms with E-state index in [2.05, 4.69) is 16.5 Å². The Kier molecular flexibility index (Phi) is 7.44. The minimum absolute atomic E-state index is 0.0289. The molecule has 0 bridgehead atoms. The molecule has 1 saturated heterocycles. The van der Waals surface area contributed by atoms with Crippen molar-refractivity contribution in [2.24, 2.45) is 0 Å². The molecule has 0 radical (unpaired) electrons. The zero-order valence-electron chi connectivity index (χ0n) is 22.8. The number of aromatic nitrogens is 4. The van der Waals surface area contributed by atoms with E-state index < -0.39 is 46.4 Å². The van der Waals surface area contributed by atoms with Crippen LogP contribution in [0.15, 0.2) is 52.7 Å². The number of carbonyl (C=O) groups excluding carboxylic acids is 1. The van der Waals surface area contributed by atoms with E-state index in [4.69, 9.17) is 23.2 Å². The predicted molar refractivity (Wildman–Crippen MR) is 156 cm³/mol. The maximum absolute atomic E-state index is 15.8. The van der Waals surface area contributed by atoms with Crippen LogP contribution in [0.2, 0.25) is 10.0 Å². The number of fused-ring (bicyclic) bond motifs is 1. The van der Waals surface area contributed by atoms with Crippen molar-refractivity contribution in [3.8, 4) is 22.7 Å². The van der Waals surface area contributed by atoms with Crippen molar-refractivity contribution < 1.29 is 18.7 Å². The van der Waals surface area contributed by atoms with Gasteiger partial charge in [-0.3, -0.25) is 28.5 Å². The molecule has 1 fully saturated rings. The quantitative estimate of drug-likeness (QED) is 0.243. The van der Waals surface area contributed by atoms with Gasteiger partial charge < -0.3 is 10.0 Å². The summed E-state index contributed by atoms with van der Waals surface area (Å²) in [4.78, 5) is 49.5. The highest BCUT2D eigenvalue weighted by Gasteiger charge is 2.46. The third-order valence-corrected chi connectivity index (χ3v) is 7.78. The lowest BCUT2D eigenvalue weighted by atomic mass is 9.95. The molecule has 0 spiro atoms. The van der Waals surface area contributed by atoms with E-state index in [1.165, 1.54) is 11.0 Å². The van der Waals surface area contributed by atoms with Crippen LogP contribution in [0, 0.1) is 12.7 Å².